The van der Waals surface area contributed by atoms with Gasteiger partial charge < -0.3 is 4.74 Å². The smallest absolute Gasteiger partial charge is 0.312 e. The van der Waals surface area contributed by atoms with Gasteiger partial charge in [-0.2, -0.15) is 0 Å². The van der Waals surface area contributed by atoms with Crippen LogP contribution in [0.25, 0.3) is 0 Å². The molecule has 0 aromatic rings. The zero-order valence-corrected chi connectivity index (χ0v) is 13.4. The molecule has 0 N–H and O–H groups in total. The highest BCUT2D eigenvalue weighted by molar-refractivity contribution is 5.77. The third-order valence-electron chi connectivity index (χ3n) is 7.01. The molecule has 0 radical (unpaired) electrons. The molecule has 3 rings (SSSR count). The van der Waals surface area contributed by atoms with Crippen LogP contribution in [0.2, 0.25) is 0 Å². The number of ether oxygens (including phenoxy) is 1. The van der Waals surface area contributed by atoms with Crippen LogP contribution < -0.4 is 0 Å². The lowest BCUT2D eigenvalue weighted by Gasteiger charge is -2.37. The Balaban J connectivity index is 1.65. The molecule has 20 heavy (non-hydrogen) atoms. The van der Waals surface area contributed by atoms with Gasteiger partial charge in [-0.3, -0.25) is 4.79 Å². The Bertz CT molecular complexity index is 368. The normalized spacial score (nSPS) is 42.6. The lowest BCUT2D eigenvalue weighted by Crippen LogP contribution is -2.40. The summed E-state index contributed by atoms with van der Waals surface area (Å²) < 4.78 is 6.06. The zero-order valence-electron chi connectivity index (χ0n) is 13.4. The van der Waals surface area contributed by atoms with E-state index in [0.29, 0.717) is 5.92 Å². The van der Waals surface area contributed by atoms with Gasteiger partial charge in [-0.25, -0.2) is 0 Å². The van der Waals surface area contributed by atoms with Crippen molar-refractivity contribution in [2.45, 2.75) is 78.2 Å². The maximum absolute atomic E-state index is 12.7. The highest BCUT2D eigenvalue weighted by Crippen LogP contribution is 2.53. The molecule has 0 spiro atoms. The highest BCUT2D eigenvalue weighted by Gasteiger charge is 2.51. The van der Waals surface area contributed by atoms with Gasteiger partial charge in [-0.15, -0.1) is 0 Å². The van der Waals surface area contributed by atoms with Crippen LogP contribution in [0.5, 0.6) is 0 Å². The fourth-order valence-corrected chi connectivity index (χ4v) is 5.20. The van der Waals surface area contributed by atoms with E-state index >= 15 is 0 Å². The molecule has 3 aliphatic rings. The highest BCUT2D eigenvalue weighted by atomic mass is 16.5. The number of esters is 1. The fourth-order valence-electron chi connectivity index (χ4n) is 5.20. The molecule has 0 aromatic heterocycles. The van der Waals surface area contributed by atoms with Crippen molar-refractivity contribution < 1.29 is 9.53 Å². The molecule has 2 nitrogen and oxygen atoms in total. The van der Waals surface area contributed by atoms with Crippen LogP contribution in [0.3, 0.4) is 0 Å². The maximum Gasteiger partial charge on any atom is 0.312 e. The molecule has 3 fully saturated rings. The van der Waals surface area contributed by atoms with Gasteiger partial charge in [-0.1, -0.05) is 40.0 Å². The van der Waals surface area contributed by atoms with Gasteiger partial charge in [0.1, 0.15) is 6.10 Å². The Labute approximate surface area is 123 Å². The van der Waals surface area contributed by atoms with E-state index in [4.69, 9.17) is 4.74 Å². The summed E-state index contributed by atoms with van der Waals surface area (Å²) in [6.45, 7) is 6.89. The minimum atomic E-state index is -0.144. The minimum absolute atomic E-state index is 0.136. The Morgan fingerprint density at radius 1 is 1.10 bits per heavy atom. The summed E-state index contributed by atoms with van der Waals surface area (Å²) in [5.74, 6) is 3.13. The van der Waals surface area contributed by atoms with Crippen LogP contribution in [0.1, 0.15) is 72.1 Å². The van der Waals surface area contributed by atoms with Gasteiger partial charge in [0, 0.05) is 0 Å². The van der Waals surface area contributed by atoms with Crippen molar-refractivity contribution in [3.05, 3.63) is 0 Å². The molecule has 0 heterocycles. The Morgan fingerprint density at radius 3 is 2.35 bits per heavy atom. The van der Waals surface area contributed by atoms with Crippen molar-refractivity contribution in [2.24, 2.45) is 29.1 Å². The summed E-state index contributed by atoms with van der Waals surface area (Å²) in [6.07, 6.45) is 9.39. The molecule has 5 unspecified atom stereocenters. The molecule has 2 bridgehead atoms. The monoisotopic (exact) mass is 278 g/mol. The maximum atomic E-state index is 12.7. The molecule has 114 valence electrons. The molecule has 5 atom stereocenters. The van der Waals surface area contributed by atoms with E-state index in [-0.39, 0.29) is 17.5 Å². The first-order valence-electron chi connectivity index (χ1n) is 8.78. The van der Waals surface area contributed by atoms with Gasteiger partial charge >= 0.3 is 5.97 Å². The first kappa shape index (κ1) is 14.4. The van der Waals surface area contributed by atoms with Gasteiger partial charge in [0.05, 0.1) is 5.41 Å². The molecule has 2 heteroatoms. The number of hydrogen-bond donors (Lipinski definition) is 0. The molecule has 3 saturated carbocycles. The number of hydrogen-bond acceptors (Lipinski definition) is 2. The summed E-state index contributed by atoms with van der Waals surface area (Å²) in [7, 11) is 0. The van der Waals surface area contributed by atoms with Crippen molar-refractivity contribution >= 4 is 5.97 Å². The number of fused-ring (bicyclic) bond motifs is 2. The number of carbonyl (C=O) groups is 1. The first-order chi connectivity index (χ1) is 9.57. The Kier molecular flexibility index (Phi) is 3.85. The molecule has 0 aliphatic heterocycles. The van der Waals surface area contributed by atoms with Crippen LogP contribution in [-0.2, 0) is 9.53 Å². The van der Waals surface area contributed by atoms with Crippen molar-refractivity contribution in [3.8, 4) is 0 Å². The Morgan fingerprint density at radius 2 is 1.80 bits per heavy atom. The Hall–Kier alpha value is -0.530. The summed E-state index contributed by atoms with van der Waals surface area (Å²) in [6, 6.07) is 0. The first-order valence-corrected chi connectivity index (χ1v) is 8.78. The summed E-state index contributed by atoms with van der Waals surface area (Å²) >= 11 is 0. The predicted molar refractivity (Wildman–Crippen MR) is 80.2 cm³/mol. The van der Waals surface area contributed by atoms with E-state index < -0.39 is 0 Å². The minimum Gasteiger partial charge on any atom is -0.462 e. The fraction of sp³-hybridized carbons (Fsp3) is 0.944. The average molecular weight is 278 g/mol. The van der Waals surface area contributed by atoms with Crippen LogP contribution in [0, 0.1) is 29.1 Å². The van der Waals surface area contributed by atoms with Crippen molar-refractivity contribution in [2.75, 3.05) is 0 Å². The summed E-state index contributed by atoms with van der Waals surface area (Å²) in [5, 5.41) is 0. The van der Waals surface area contributed by atoms with Crippen molar-refractivity contribution in [1.29, 1.82) is 0 Å². The summed E-state index contributed by atoms with van der Waals surface area (Å²) in [4.78, 5) is 12.7. The van der Waals surface area contributed by atoms with E-state index in [9.17, 15) is 4.79 Å². The molecular formula is C18H30O2. The molecule has 0 aromatic carbocycles. The summed E-state index contributed by atoms with van der Waals surface area (Å²) in [5.41, 5.74) is -0.144. The van der Waals surface area contributed by atoms with Gasteiger partial charge in [0.25, 0.3) is 0 Å². The van der Waals surface area contributed by atoms with Crippen LogP contribution in [0.15, 0.2) is 0 Å². The zero-order chi connectivity index (χ0) is 14.3. The molecule has 0 amide bonds. The second-order valence-corrected chi connectivity index (χ2v) is 7.75. The molecule has 0 saturated heterocycles. The van der Waals surface area contributed by atoms with E-state index in [1.165, 1.54) is 25.7 Å². The lowest BCUT2D eigenvalue weighted by atomic mass is 9.72. The molecular weight excluding hydrogens is 248 g/mol. The lowest BCUT2D eigenvalue weighted by molar-refractivity contribution is -0.168. The van der Waals surface area contributed by atoms with Gasteiger partial charge in [0.15, 0.2) is 0 Å². The van der Waals surface area contributed by atoms with E-state index in [0.717, 1.165) is 43.4 Å². The van der Waals surface area contributed by atoms with Crippen LogP contribution in [0.4, 0.5) is 0 Å². The SMILES string of the molecule is CCC1(C(=O)OC2CC3CC2C(C)C3C)CCCCC1. The standard InChI is InChI=1S/C18H30O2/c1-4-18(8-6-5-7-9-18)17(19)20-16-11-14-10-15(16)13(3)12(14)2/h12-16H,4-11H2,1-3H3. The van der Waals surface area contributed by atoms with E-state index in [1.807, 2.05) is 0 Å². The quantitative estimate of drug-likeness (QED) is 0.707. The van der Waals surface area contributed by atoms with Gasteiger partial charge in [-0.05, 0) is 55.8 Å². The second-order valence-electron chi connectivity index (χ2n) is 7.75. The van der Waals surface area contributed by atoms with Gasteiger partial charge in [0.2, 0.25) is 0 Å². The predicted octanol–water partition coefficient (Wildman–Crippen LogP) is 4.57. The topological polar surface area (TPSA) is 26.3 Å². The largest absolute Gasteiger partial charge is 0.462 e. The van der Waals surface area contributed by atoms with Crippen LogP contribution >= 0.6 is 0 Å². The van der Waals surface area contributed by atoms with E-state index in [2.05, 4.69) is 20.8 Å². The average Bonchev–Trinajstić information content (AvgIpc) is 3.00. The van der Waals surface area contributed by atoms with Crippen molar-refractivity contribution in [3.63, 3.8) is 0 Å². The third kappa shape index (κ3) is 2.19. The second kappa shape index (κ2) is 5.35. The third-order valence-corrected chi connectivity index (χ3v) is 7.01. The molecule has 3 aliphatic carbocycles. The van der Waals surface area contributed by atoms with Crippen LogP contribution in [-0.4, -0.2) is 12.1 Å². The number of rotatable bonds is 3. The van der Waals surface area contributed by atoms with E-state index in [1.54, 1.807) is 0 Å². The van der Waals surface area contributed by atoms with Crippen molar-refractivity contribution in [1.82, 2.24) is 0 Å². The number of carbonyl (C=O) groups excluding carboxylic acids is 1.